The van der Waals surface area contributed by atoms with Gasteiger partial charge in [-0.2, -0.15) is 0 Å². The molecule has 2 N–H and O–H groups in total. The van der Waals surface area contributed by atoms with Crippen molar-refractivity contribution in [1.29, 1.82) is 0 Å². The normalized spacial score (nSPS) is 15.4. The first-order chi connectivity index (χ1) is 12.8. The fourth-order valence-corrected chi connectivity index (χ4v) is 4.18. The van der Waals surface area contributed by atoms with Gasteiger partial charge in [-0.25, -0.2) is 12.7 Å². The van der Waals surface area contributed by atoms with E-state index in [1.54, 1.807) is 24.3 Å². The Hall–Kier alpha value is -3.20. The molecule has 140 valence electrons. The lowest BCUT2D eigenvalue weighted by atomic mass is 10.1. The molecule has 0 unspecified atom stereocenters. The second-order valence-electron chi connectivity index (χ2n) is 5.99. The van der Waals surface area contributed by atoms with Crippen LogP contribution >= 0.6 is 0 Å². The van der Waals surface area contributed by atoms with Crippen molar-refractivity contribution in [3.05, 3.63) is 54.1 Å². The minimum absolute atomic E-state index is 0.0747. The third kappa shape index (κ3) is 4.14. The molecular formula is C18H17N3O5S. The Morgan fingerprint density at radius 2 is 1.67 bits per heavy atom. The Labute approximate surface area is 156 Å². The Bertz CT molecular complexity index is 1030. The fraction of sp³-hybridized carbons (Fsp3) is 0.167. The zero-order valence-corrected chi connectivity index (χ0v) is 15.2. The van der Waals surface area contributed by atoms with Gasteiger partial charge in [0.2, 0.25) is 21.8 Å². The molecule has 2 aromatic rings. The average molecular weight is 387 g/mol. The summed E-state index contributed by atoms with van der Waals surface area (Å²) in [4.78, 5) is 35.5. The molecule has 0 radical (unpaired) electrons. The molecule has 8 nitrogen and oxygen atoms in total. The number of nitrogens with one attached hydrogen (secondary N) is 2. The third-order valence-corrected chi connectivity index (χ3v) is 5.55. The Kier molecular flexibility index (Phi) is 4.95. The van der Waals surface area contributed by atoms with Crippen molar-refractivity contribution < 1.29 is 22.8 Å². The van der Waals surface area contributed by atoms with Gasteiger partial charge in [0, 0.05) is 30.3 Å². The van der Waals surface area contributed by atoms with Crippen LogP contribution in [-0.4, -0.2) is 31.9 Å². The molecule has 0 spiro atoms. The van der Waals surface area contributed by atoms with Crippen molar-refractivity contribution in [1.82, 2.24) is 0 Å². The lowest BCUT2D eigenvalue weighted by Crippen LogP contribution is -2.29. The second kappa shape index (κ2) is 7.20. The van der Waals surface area contributed by atoms with Crippen LogP contribution < -0.4 is 14.9 Å². The van der Waals surface area contributed by atoms with Gasteiger partial charge in [0.1, 0.15) is 0 Å². The summed E-state index contributed by atoms with van der Waals surface area (Å²) in [7, 11) is -3.70. The smallest absolute Gasteiger partial charge is 0.255 e. The van der Waals surface area contributed by atoms with Crippen molar-refractivity contribution in [2.45, 2.75) is 13.3 Å². The zero-order chi connectivity index (χ0) is 19.6. The Morgan fingerprint density at radius 1 is 1.00 bits per heavy atom. The van der Waals surface area contributed by atoms with Gasteiger partial charge in [-0.1, -0.05) is 12.1 Å². The molecule has 3 amide bonds. The van der Waals surface area contributed by atoms with Gasteiger partial charge in [0.15, 0.2) is 0 Å². The number of benzene rings is 2. The number of carbonyl (C=O) groups is 3. The van der Waals surface area contributed by atoms with E-state index in [2.05, 4.69) is 10.6 Å². The highest BCUT2D eigenvalue weighted by Gasteiger charge is 2.36. The highest BCUT2D eigenvalue weighted by atomic mass is 32.2. The van der Waals surface area contributed by atoms with Crippen LogP contribution in [0, 0.1) is 0 Å². The van der Waals surface area contributed by atoms with E-state index in [0.29, 0.717) is 11.4 Å². The maximum absolute atomic E-state index is 12.5. The van der Waals surface area contributed by atoms with Gasteiger partial charge < -0.3 is 10.6 Å². The summed E-state index contributed by atoms with van der Waals surface area (Å²) >= 11 is 0. The maximum atomic E-state index is 12.5. The first-order valence-corrected chi connectivity index (χ1v) is 9.72. The lowest BCUT2D eigenvalue weighted by Gasteiger charge is -2.16. The van der Waals surface area contributed by atoms with E-state index in [1.807, 2.05) is 0 Å². The summed E-state index contributed by atoms with van der Waals surface area (Å²) in [5.74, 6) is -1.46. The maximum Gasteiger partial charge on any atom is 0.255 e. The first kappa shape index (κ1) is 18.6. The van der Waals surface area contributed by atoms with E-state index in [9.17, 15) is 22.8 Å². The number of amides is 3. The van der Waals surface area contributed by atoms with Crippen molar-refractivity contribution >= 4 is 44.8 Å². The minimum Gasteiger partial charge on any atom is -0.326 e. The van der Waals surface area contributed by atoms with Crippen molar-refractivity contribution in [2.75, 3.05) is 20.7 Å². The summed E-state index contributed by atoms with van der Waals surface area (Å²) in [5.41, 5.74) is 1.33. The largest absolute Gasteiger partial charge is 0.326 e. The predicted octanol–water partition coefficient (Wildman–Crippen LogP) is 1.96. The molecule has 0 bridgehead atoms. The summed E-state index contributed by atoms with van der Waals surface area (Å²) in [5, 5.41) is 5.30. The minimum atomic E-state index is -3.70. The number of nitrogens with zero attached hydrogens (tertiary/aromatic N) is 1. The molecule has 1 saturated heterocycles. The fourth-order valence-electron chi connectivity index (χ4n) is 2.72. The lowest BCUT2D eigenvalue weighted by molar-refractivity contribution is -0.116. The topological polar surface area (TPSA) is 113 Å². The van der Waals surface area contributed by atoms with E-state index in [0.717, 1.165) is 4.31 Å². The Balaban J connectivity index is 1.82. The Morgan fingerprint density at radius 3 is 2.30 bits per heavy atom. The molecule has 2 aromatic carbocycles. The predicted molar refractivity (Wildman–Crippen MR) is 101 cm³/mol. The van der Waals surface area contributed by atoms with Gasteiger partial charge in [-0.15, -0.1) is 0 Å². The van der Waals surface area contributed by atoms with Crippen LogP contribution in [0.2, 0.25) is 0 Å². The number of hydrogen-bond acceptors (Lipinski definition) is 5. The zero-order valence-electron chi connectivity index (χ0n) is 14.4. The molecule has 1 aliphatic rings. The van der Waals surface area contributed by atoms with Crippen LogP contribution in [0.4, 0.5) is 17.1 Å². The summed E-state index contributed by atoms with van der Waals surface area (Å²) < 4.78 is 24.8. The van der Waals surface area contributed by atoms with Gasteiger partial charge >= 0.3 is 0 Å². The SMILES string of the molecule is CC(=O)Nc1cccc(NC(=O)c2cccc(N3C(=O)CCS3(=O)=O)c2)c1. The molecular weight excluding hydrogens is 370 g/mol. The van der Waals surface area contributed by atoms with Gasteiger partial charge in [0.05, 0.1) is 11.4 Å². The molecule has 1 aliphatic heterocycles. The number of anilines is 3. The van der Waals surface area contributed by atoms with Crippen LogP contribution in [0.1, 0.15) is 23.7 Å². The quantitative estimate of drug-likeness (QED) is 0.833. The van der Waals surface area contributed by atoms with E-state index in [1.165, 1.54) is 31.2 Å². The molecule has 3 rings (SSSR count). The number of hydrogen-bond donors (Lipinski definition) is 2. The van der Waals surface area contributed by atoms with Crippen LogP contribution in [0.3, 0.4) is 0 Å². The summed E-state index contributed by atoms with van der Waals surface area (Å²) in [6.07, 6.45) is -0.0747. The first-order valence-electron chi connectivity index (χ1n) is 8.11. The molecule has 9 heteroatoms. The van der Waals surface area contributed by atoms with Crippen molar-refractivity contribution in [3.63, 3.8) is 0 Å². The van der Waals surface area contributed by atoms with Crippen LogP contribution in [0.5, 0.6) is 0 Å². The van der Waals surface area contributed by atoms with E-state index < -0.39 is 21.8 Å². The van der Waals surface area contributed by atoms with E-state index in [4.69, 9.17) is 0 Å². The third-order valence-electron chi connectivity index (χ3n) is 3.86. The summed E-state index contributed by atoms with van der Waals surface area (Å²) in [6, 6.07) is 12.5. The van der Waals surface area contributed by atoms with Crippen LogP contribution in [0.25, 0.3) is 0 Å². The standard InChI is InChI=1S/C18H17N3O5S/c1-12(22)19-14-5-3-6-15(11-14)20-18(24)13-4-2-7-16(10-13)21-17(23)8-9-27(21,25)26/h2-7,10-11H,8-9H2,1H3,(H,19,22)(H,20,24). The highest BCUT2D eigenvalue weighted by molar-refractivity contribution is 7.94. The molecule has 1 heterocycles. The molecule has 1 fully saturated rings. The van der Waals surface area contributed by atoms with Crippen molar-refractivity contribution in [3.8, 4) is 0 Å². The van der Waals surface area contributed by atoms with Crippen LogP contribution in [-0.2, 0) is 19.6 Å². The molecule has 0 atom stereocenters. The molecule has 0 aliphatic carbocycles. The van der Waals surface area contributed by atoms with Crippen LogP contribution in [0.15, 0.2) is 48.5 Å². The second-order valence-corrected chi connectivity index (χ2v) is 7.93. The molecule has 27 heavy (non-hydrogen) atoms. The average Bonchev–Trinajstić information content (AvgIpc) is 2.87. The van der Waals surface area contributed by atoms with Gasteiger partial charge in [-0.3, -0.25) is 14.4 Å². The van der Waals surface area contributed by atoms with Gasteiger partial charge in [-0.05, 0) is 36.4 Å². The number of sulfonamides is 1. The van der Waals surface area contributed by atoms with E-state index in [-0.39, 0.29) is 29.3 Å². The number of carbonyl (C=O) groups excluding carboxylic acids is 3. The van der Waals surface area contributed by atoms with E-state index >= 15 is 0 Å². The molecule has 0 aromatic heterocycles. The van der Waals surface area contributed by atoms with Crippen molar-refractivity contribution in [2.24, 2.45) is 0 Å². The number of rotatable bonds is 4. The molecule has 0 saturated carbocycles. The summed E-state index contributed by atoms with van der Waals surface area (Å²) in [6.45, 7) is 1.38. The van der Waals surface area contributed by atoms with Gasteiger partial charge in [0.25, 0.3) is 5.91 Å². The highest BCUT2D eigenvalue weighted by Crippen LogP contribution is 2.26. The monoisotopic (exact) mass is 387 g/mol.